The zero-order chi connectivity index (χ0) is 104. The Hall–Kier alpha value is -9.16. The molecule has 2 unspecified atom stereocenters. The van der Waals surface area contributed by atoms with Crippen molar-refractivity contribution in [3.05, 3.63) is 309 Å². The molecule has 4 N–H and O–H groups in total. The number of aryl methyl sites for hydroxylation is 8. The topological polar surface area (TPSA) is 201 Å². The largest absolute Gasteiger partial charge is 0.512 e. The van der Waals surface area contributed by atoms with Crippen molar-refractivity contribution in [3.8, 4) is 45.0 Å². The van der Waals surface area contributed by atoms with Crippen LogP contribution in [0.1, 0.15) is 309 Å². The van der Waals surface area contributed by atoms with Crippen LogP contribution in [0.3, 0.4) is 0 Å². The van der Waals surface area contributed by atoms with Crippen molar-refractivity contribution in [3.63, 3.8) is 0 Å². The van der Waals surface area contributed by atoms with Crippen molar-refractivity contribution in [2.24, 2.45) is 59.2 Å². The molecule has 16 heteroatoms. The number of carbonyl (C=O) groups is 4. The second-order valence-corrected chi connectivity index (χ2v) is 41.4. The summed E-state index contributed by atoms with van der Waals surface area (Å²) in [7, 11) is 0. The number of allylic oxidation sites excluding steroid dienone is 8. The minimum absolute atomic E-state index is 0. The molecule has 0 spiro atoms. The van der Waals surface area contributed by atoms with Gasteiger partial charge < -0.3 is 40.4 Å². The first-order chi connectivity index (χ1) is 66.1. The van der Waals surface area contributed by atoms with Crippen LogP contribution in [0.15, 0.2) is 218 Å². The van der Waals surface area contributed by atoms with E-state index in [-0.39, 0.29) is 150 Å². The van der Waals surface area contributed by atoms with Gasteiger partial charge in [-0.2, -0.15) is 0 Å². The van der Waals surface area contributed by atoms with E-state index in [9.17, 15) is 39.6 Å². The van der Waals surface area contributed by atoms with Gasteiger partial charge in [-0.25, -0.2) is 0 Å². The standard InChI is InChI=1S/2C21H22N.2C20H20N.C13H24O2.3C11H20O2.4Ir/c1-14(2)9-17-5-6-20-18(13-17)7-8-22-21(20)19-11-15(3)10-16(4)12-19;1-14(2)9-17-5-6-18-7-8-22-21(20(18)13-17)19-11-15(3)10-16(4)12-19;1-13(2)16-5-6-19-17(12-16)7-8-21-20(19)18-10-14(3)9-15(4)11-18;1-13(2)17-6-5-16-7-8-21-20(19(16)12-17)18-10-14(3)9-15(4)11-18;1-5-10(6-2)12(14)9-13(15)11(7-3)8-4;2*1-8(2)5-10(12)7-11(13)6-9(3)4;1-5-8(3)10(12)7-11(13)9(4)6-2;;;;/h2*5-8,10-11,13-14H,9H2,1-4H3;2*5-10,12-13H,1-4H3;9-11,14H,5-8H2,1-4H3;3*7-9,12H,5-6H2,1-4H3;;;;/q4*-1;;;;;;;;. The third-order valence-corrected chi connectivity index (χ3v) is 24.2. The Labute approximate surface area is 921 Å². The molecule has 12 nitrogen and oxygen atoms in total. The summed E-state index contributed by atoms with van der Waals surface area (Å²) in [5.74, 6) is 5.25. The molecule has 0 aliphatic carbocycles. The van der Waals surface area contributed by atoms with E-state index in [0.717, 1.165) is 119 Å². The molecule has 4 heterocycles. The molecule has 4 aromatic heterocycles. The zero-order valence-corrected chi connectivity index (χ0v) is 102. The summed E-state index contributed by atoms with van der Waals surface area (Å²) >= 11 is 0. The second-order valence-electron chi connectivity index (χ2n) is 41.4. The van der Waals surface area contributed by atoms with Gasteiger partial charge in [0.05, 0.1) is 23.0 Å². The number of hydrogen-bond donors (Lipinski definition) is 4. The van der Waals surface area contributed by atoms with Gasteiger partial charge in [-0.05, 0) is 211 Å². The van der Waals surface area contributed by atoms with E-state index in [1.54, 1.807) is 0 Å². The van der Waals surface area contributed by atoms with E-state index in [1.165, 1.54) is 112 Å². The molecule has 0 aliphatic heterocycles. The Morgan fingerprint density at radius 1 is 0.292 bits per heavy atom. The Morgan fingerprint density at radius 3 is 0.938 bits per heavy atom. The zero-order valence-electron chi connectivity index (χ0n) is 92.4. The molecule has 0 amide bonds. The van der Waals surface area contributed by atoms with Crippen LogP contribution in [-0.2, 0) is 112 Å². The SMILES string of the molecule is CC(C)CC(=O)C=C(O)CC(C)C.CC(C)CC(=O)C=C(O)CC(C)C.CCC(C)C(=O)C=C(O)C(C)CC.CCC(CC)C(=O)C=C(O)C(CC)CC.Cc1[c-]c(-c2nccc3cc(C(C)C)ccc23)cc(C)c1.Cc1[c-]c(-c2nccc3cc(CC(C)C)ccc23)cc(C)c1.Cc1[c-]c(-c2nccc3ccc(C(C)C)cc23)cc(C)c1.Cc1[c-]c(-c2nccc3ccc(CC(C)C)cc23)cc(C)c1.[Ir].[Ir].[Ir].[Ir]. The van der Waals surface area contributed by atoms with Crippen LogP contribution in [0, 0.1) is 139 Å². The van der Waals surface area contributed by atoms with Gasteiger partial charge in [-0.3, -0.25) is 19.2 Å². The fraction of sp³-hybridized carbons (Fsp3) is 0.438. The van der Waals surface area contributed by atoms with Gasteiger partial charge in [0.1, 0.15) is 0 Å². The van der Waals surface area contributed by atoms with Gasteiger partial charge >= 0.3 is 0 Å². The normalized spacial score (nSPS) is 11.8. The number of benzene rings is 8. The van der Waals surface area contributed by atoms with Crippen LogP contribution in [-0.4, -0.2) is 63.5 Å². The van der Waals surface area contributed by atoms with E-state index in [2.05, 4.69) is 301 Å². The minimum Gasteiger partial charge on any atom is -0.512 e. The summed E-state index contributed by atoms with van der Waals surface area (Å²) < 4.78 is 0. The van der Waals surface area contributed by atoms with Gasteiger partial charge in [-0.15, -0.1) is 140 Å². The average molecular weight is 2660 g/mol. The molecule has 12 rings (SSSR count). The summed E-state index contributed by atoms with van der Waals surface area (Å²) in [5, 5.41) is 47.7. The predicted molar refractivity (Wildman–Crippen MR) is 595 cm³/mol. The monoisotopic (exact) mass is 2660 g/mol. The van der Waals surface area contributed by atoms with Crippen molar-refractivity contribution < 1.29 is 120 Å². The number of aliphatic hydroxyl groups is 4. The summed E-state index contributed by atoms with van der Waals surface area (Å²) in [6, 6.07) is 66.2. The fourth-order valence-corrected chi connectivity index (χ4v) is 16.6. The Morgan fingerprint density at radius 2 is 0.597 bits per heavy atom. The number of aromatic nitrogens is 4. The Bertz CT molecular complexity index is 6000. The maximum Gasteiger partial charge on any atom is 0.162 e. The van der Waals surface area contributed by atoms with Crippen LogP contribution < -0.4 is 0 Å². The maximum absolute atomic E-state index is 11.7. The number of hydrogen-bond acceptors (Lipinski definition) is 12. The third-order valence-electron chi connectivity index (χ3n) is 24.2. The first kappa shape index (κ1) is 133. The number of rotatable bonds is 32. The molecule has 0 aliphatic rings. The predicted octanol–water partition coefficient (Wildman–Crippen LogP) is 35.0. The first-order valence-corrected chi connectivity index (χ1v) is 51.4. The number of nitrogens with zero attached hydrogens (tertiary/aromatic N) is 4. The fourth-order valence-electron chi connectivity index (χ4n) is 16.6. The Kier molecular flexibility index (Phi) is 62.4. The molecule has 788 valence electrons. The summed E-state index contributed by atoms with van der Waals surface area (Å²) in [4.78, 5) is 64.0. The van der Waals surface area contributed by atoms with Crippen molar-refractivity contribution in [1.29, 1.82) is 0 Å². The summed E-state index contributed by atoms with van der Waals surface area (Å²) in [6.45, 7) is 66.6. The van der Waals surface area contributed by atoms with Crippen molar-refractivity contribution in [2.45, 2.75) is 310 Å². The van der Waals surface area contributed by atoms with Crippen LogP contribution in [0.5, 0.6) is 0 Å². The minimum atomic E-state index is 0. The van der Waals surface area contributed by atoms with E-state index >= 15 is 0 Å². The molecule has 4 radical (unpaired) electrons. The van der Waals surface area contributed by atoms with Crippen molar-refractivity contribution in [2.75, 3.05) is 0 Å². The van der Waals surface area contributed by atoms with E-state index < -0.39 is 0 Å². The molecular formula is C128H168Ir4N4O8-4. The van der Waals surface area contributed by atoms with Gasteiger partial charge in [0.2, 0.25) is 0 Å². The van der Waals surface area contributed by atoms with Crippen molar-refractivity contribution >= 4 is 66.2 Å². The van der Waals surface area contributed by atoms with Crippen molar-refractivity contribution in [1.82, 2.24) is 19.9 Å². The molecule has 0 bridgehead atoms. The average Bonchev–Trinajstić information content (AvgIpc) is 0.801. The van der Waals surface area contributed by atoms with E-state index in [4.69, 9.17) is 0 Å². The number of pyridine rings is 4. The van der Waals surface area contributed by atoms with Gasteiger partial charge in [0.25, 0.3) is 0 Å². The smallest absolute Gasteiger partial charge is 0.162 e. The van der Waals surface area contributed by atoms with E-state index in [1.807, 2.05) is 136 Å². The Balaban J connectivity index is 0.000000829. The summed E-state index contributed by atoms with van der Waals surface area (Å²) in [6.07, 6.45) is 22.7. The van der Waals surface area contributed by atoms with Gasteiger partial charge in [-0.1, -0.05) is 294 Å². The molecule has 0 saturated carbocycles. The van der Waals surface area contributed by atoms with Gasteiger partial charge in [0, 0.05) is 179 Å². The molecule has 144 heavy (non-hydrogen) atoms. The molecule has 12 aromatic rings. The maximum atomic E-state index is 11.7. The molecular weight excluding hydrogens is 2490 g/mol. The molecule has 2 atom stereocenters. The number of carbonyl (C=O) groups excluding carboxylic acids is 4. The third kappa shape index (κ3) is 46.5. The molecule has 8 aromatic carbocycles. The second kappa shape index (κ2) is 67.7. The number of aliphatic hydroxyl groups excluding tert-OH is 4. The van der Waals surface area contributed by atoms with Crippen LogP contribution in [0.25, 0.3) is 88.1 Å². The quantitative estimate of drug-likeness (QED) is 0.0177. The van der Waals surface area contributed by atoms with Crippen LogP contribution >= 0.6 is 0 Å². The van der Waals surface area contributed by atoms with Gasteiger partial charge in [0.15, 0.2) is 23.1 Å². The number of ketones is 4. The van der Waals surface area contributed by atoms with E-state index in [0.29, 0.717) is 73.0 Å². The molecule has 0 saturated heterocycles. The van der Waals surface area contributed by atoms with Crippen LogP contribution in [0.2, 0.25) is 0 Å². The first-order valence-electron chi connectivity index (χ1n) is 51.4. The number of fused-ring (bicyclic) bond motifs is 4. The summed E-state index contributed by atoms with van der Waals surface area (Å²) in [5.41, 5.74) is 23.6. The molecule has 0 fully saturated rings. The van der Waals surface area contributed by atoms with Crippen LogP contribution in [0.4, 0.5) is 0 Å².